The van der Waals surface area contributed by atoms with Gasteiger partial charge in [-0.1, -0.05) is 12.1 Å². The minimum atomic E-state index is -0.518. The van der Waals surface area contributed by atoms with Crippen molar-refractivity contribution in [1.82, 2.24) is 19.8 Å². The third-order valence-electron chi connectivity index (χ3n) is 4.22. The molecule has 1 saturated heterocycles. The number of benzene rings is 1. The van der Waals surface area contributed by atoms with E-state index < -0.39 is 6.04 Å². The average Bonchev–Trinajstić information content (AvgIpc) is 2.69. The van der Waals surface area contributed by atoms with E-state index in [1.165, 1.54) is 9.13 Å². The number of fused-ring (bicyclic) bond motifs is 1. The Labute approximate surface area is 133 Å². The molecule has 23 heavy (non-hydrogen) atoms. The number of hydrogen-bond acceptors (Lipinski definition) is 3. The second-order valence-electron chi connectivity index (χ2n) is 5.82. The molecule has 1 aliphatic rings. The quantitative estimate of drug-likeness (QED) is 0.844. The van der Waals surface area contributed by atoms with Crippen molar-refractivity contribution in [3.63, 3.8) is 0 Å². The molecule has 0 bridgehead atoms. The molecule has 0 saturated carbocycles. The van der Waals surface area contributed by atoms with Gasteiger partial charge in [0.2, 0.25) is 11.8 Å². The molecule has 0 radical (unpaired) electrons. The summed E-state index contributed by atoms with van der Waals surface area (Å²) >= 11 is 0. The second kappa shape index (κ2) is 6.28. The number of carbonyl (C=O) groups is 2. The monoisotopic (exact) mass is 316 g/mol. The molecule has 0 aliphatic carbocycles. The van der Waals surface area contributed by atoms with Gasteiger partial charge >= 0.3 is 5.69 Å². The van der Waals surface area contributed by atoms with E-state index in [0.29, 0.717) is 18.5 Å². The van der Waals surface area contributed by atoms with E-state index in [-0.39, 0.29) is 24.0 Å². The molecule has 2 heterocycles. The molecule has 1 aliphatic heterocycles. The van der Waals surface area contributed by atoms with Crippen LogP contribution in [0.1, 0.15) is 19.3 Å². The third kappa shape index (κ3) is 2.99. The fourth-order valence-electron chi connectivity index (χ4n) is 2.98. The summed E-state index contributed by atoms with van der Waals surface area (Å²) in [6.45, 7) is 0.554. The average molecular weight is 316 g/mol. The van der Waals surface area contributed by atoms with Gasteiger partial charge < -0.3 is 10.6 Å². The first-order valence-corrected chi connectivity index (χ1v) is 7.79. The van der Waals surface area contributed by atoms with Crippen LogP contribution in [0.15, 0.2) is 29.1 Å². The Balaban J connectivity index is 1.79. The highest BCUT2D eigenvalue weighted by molar-refractivity contribution is 5.88. The first-order valence-electron chi connectivity index (χ1n) is 7.79. The number of para-hydroxylation sites is 2. The maximum atomic E-state index is 12.3. The lowest BCUT2D eigenvalue weighted by molar-refractivity contribution is -0.129. The number of hydrogen-bond donors (Lipinski definition) is 2. The zero-order valence-corrected chi connectivity index (χ0v) is 13.0. The van der Waals surface area contributed by atoms with Crippen LogP contribution in [0.5, 0.6) is 0 Å². The third-order valence-corrected chi connectivity index (χ3v) is 4.22. The smallest absolute Gasteiger partial charge is 0.329 e. The van der Waals surface area contributed by atoms with Crippen molar-refractivity contribution < 1.29 is 9.59 Å². The van der Waals surface area contributed by atoms with Crippen LogP contribution in [0.3, 0.4) is 0 Å². The lowest BCUT2D eigenvalue weighted by atomic mass is 10.1. The van der Waals surface area contributed by atoms with Crippen LogP contribution in [-0.4, -0.2) is 33.5 Å². The Morgan fingerprint density at radius 1 is 1.26 bits per heavy atom. The SMILES string of the molecule is Cn1c(=O)n(CC(=O)NC2CCCCNC2=O)c2ccccc21. The number of imidazole rings is 1. The second-order valence-corrected chi connectivity index (χ2v) is 5.82. The normalized spacial score (nSPS) is 18.5. The number of amides is 2. The molecule has 3 rings (SSSR count). The summed E-state index contributed by atoms with van der Waals surface area (Å²) in [6, 6.07) is 6.80. The zero-order valence-electron chi connectivity index (χ0n) is 13.0. The van der Waals surface area contributed by atoms with Crippen molar-refractivity contribution in [1.29, 1.82) is 0 Å². The standard InChI is InChI=1S/C16H20N4O3/c1-19-12-7-2-3-8-13(12)20(16(19)23)10-14(21)18-11-6-4-5-9-17-15(11)22/h2-3,7-8,11H,4-6,9-10H2,1H3,(H,17,22)(H,18,21). The van der Waals surface area contributed by atoms with Crippen LogP contribution in [0.25, 0.3) is 11.0 Å². The van der Waals surface area contributed by atoms with Crippen LogP contribution in [0, 0.1) is 0 Å². The van der Waals surface area contributed by atoms with Gasteiger partial charge in [0.25, 0.3) is 0 Å². The number of nitrogens with zero attached hydrogens (tertiary/aromatic N) is 2. The number of nitrogens with one attached hydrogen (secondary N) is 2. The van der Waals surface area contributed by atoms with E-state index >= 15 is 0 Å². The van der Waals surface area contributed by atoms with Gasteiger partial charge in [-0.2, -0.15) is 0 Å². The summed E-state index contributed by atoms with van der Waals surface area (Å²) in [5, 5.41) is 5.52. The van der Waals surface area contributed by atoms with Crippen molar-refractivity contribution in [3.8, 4) is 0 Å². The lowest BCUT2D eigenvalue weighted by Crippen LogP contribution is -2.47. The maximum Gasteiger partial charge on any atom is 0.329 e. The molecule has 7 nitrogen and oxygen atoms in total. The number of aryl methyl sites for hydroxylation is 1. The largest absolute Gasteiger partial charge is 0.354 e. The predicted molar refractivity (Wildman–Crippen MR) is 86.0 cm³/mol. The van der Waals surface area contributed by atoms with Crippen LogP contribution in [0.4, 0.5) is 0 Å². The summed E-state index contributed by atoms with van der Waals surface area (Å²) in [4.78, 5) is 36.5. The summed E-state index contributed by atoms with van der Waals surface area (Å²) in [5.41, 5.74) is 1.24. The summed E-state index contributed by atoms with van der Waals surface area (Å²) < 4.78 is 2.94. The van der Waals surface area contributed by atoms with Crippen molar-refractivity contribution in [2.24, 2.45) is 7.05 Å². The molecule has 1 fully saturated rings. The molecule has 1 atom stereocenters. The van der Waals surface area contributed by atoms with Gasteiger partial charge in [-0.15, -0.1) is 0 Å². The highest BCUT2D eigenvalue weighted by atomic mass is 16.2. The Bertz CT molecular complexity index is 805. The van der Waals surface area contributed by atoms with Crippen molar-refractivity contribution >= 4 is 22.8 Å². The van der Waals surface area contributed by atoms with E-state index in [9.17, 15) is 14.4 Å². The molecular formula is C16H20N4O3. The van der Waals surface area contributed by atoms with Gasteiger partial charge in [-0.05, 0) is 31.4 Å². The Morgan fingerprint density at radius 2 is 2.00 bits per heavy atom. The Morgan fingerprint density at radius 3 is 2.78 bits per heavy atom. The zero-order chi connectivity index (χ0) is 16.4. The van der Waals surface area contributed by atoms with E-state index in [1.807, 2.05) is 24.3 Å². The molecule has 0 spiro atoms. The first-order chi connectivity index (χ1) is 11.1. The van der Waals surface area contributed by atoms with Crippen molar-refractivity contribution in [3.05, 3.63) is 34.7 Å². The van der Waals surface area contributed by atoms with Crippen molar-refractivity contribution in [2.45, 2.75) is 31.8 Å². The van der Waals surface area contributed by atoms with Gasteiger partial charge in [0.15, 0.2) is 0 Å². The number of rotatable bonds is 3. The fourth-order valence-corrected chi connectivity index (χ4v) is 2.98. The maximum absolute atomic E-state index is 12.3. The van der Waals surface area contributed by atoms with E-state index in [0.717, 1.165) is 18.4 Å². The molecule has 1 aromatic heterocycles. The fraction of sp³-hybridized carbons (Fsp3) is 0.438. The minimum Gasteiger partial charge on any atom is -0.354 e. The van der Waals surface area contributed by atoms with E-state index in [2.05, 4.69) is 10.6 Å². The van der Waals surface area contributed by atoms with Crippen LogP contribution in [0.2, 0.25) is 0 Å². The topological polar surface area (TPSA) is 85.1 Å². The molecular weight excluding hydrogens is 296 g/mol. The summed E-state index contributed by atoms with van der Waals surface area (Å²) in [7, 11) is 1.68. The van der Waals surface area contributed by atoms with Gasteiger partial charge in [0.05, 0.1) is 11.0 Å². The van der Waals surface area contributed by atoms with Gasteiger partial charge in [0, 0.05) is 13.6 Å². The van der Waals surface area contributed by atoms with E-state index in [1.54, 1.807) is 7.05 Å². The molecule has 1 aromatic carbocycles. The molecule has 7 heteroatoms. The highest BCUT2D eigenvalue weighted by Crippen LogP contribution is 2.11. The highest BCUT2D eigenvalue weighted by Gasteiger charge is 2.23. The van der Waals surface area contributed by atoms with Crippen LogP contribution < -0.4 is 16.3 Å². The molecule has 1 unspecified atom stereocenters. The molecule has 2 aromatic rings. The van der Waals surface area contributed by atoms with Crippen LogP contribution >= 0.6 is 0 Å². The molecule has 2 N–H and O–H groups in total. The molecule has 2 amide bonds. The van der Waals surface area contributed by atoms with Gasteiger partial charge in [0.1, 0.15) is 12.6 Å². The van der Waals surface area contributed by atoms with Gasteiger partial charge in [-0.3, -0.25) is 18.7 Å². The van der Waals surface area contributed by atoms with Crippen LogP contribution in [-0.2, 0) is 23.2 Å². The first kappa shape index (κ1) is 15.3. The predicted octanol–water partition coefficient (Wildman–Crippen LogP) is 0.125. The van der Waals surface area contributed by atoms with E-state index in [4.69, 9.17) is 0 Å². The Kier molecular flexibility index (Phi) is 4.18. The Hall–Kier alpha value is -2.57. The molecule has 122 valence electrons. The van der Waals surface area contributed by atoms with Crippen molar-refractivity contribution in [2.75, 3.05) is 6.54 Å². The summed E-state index contributed by atoms with van der Waals surface area (Å²) in [6.07, 6.45) is 2.43. The minimum absolute atomic E-state index is 0.0933. The van der Waals surface area contributed by atoms with Gasteiger partial charge in [-0.25, -0.2) is 4.79 Å². The summed E-state index contributed by atoms with van der Waals surface area (Å²) in [5.74, 6) is -0.480. The number of aromatic nitrogens is 2. The number of carbonyl (C=O) groups excluding carboxylic acids is 2. The lowest BCUT2D eigenvalue weighted by Gasteiger charge is -2.15.